The van der Waals surface area contributed by atoms with Gasteiger partial charge in [-0.05, 0) is 31.2 Å². The molecule has 0 saturated carbocycles. The number of rotatable bonds is 3. The van der Waals surface area contributed by atoms with Crippen LogP contribution in [0.2, 0.25) is 0 Å². The molecular formula is C12H15N3O. The third-order valence-corrected chi connectivity index (χ3v) is 2.54. The highest BCUT2D eigenvalue weighted by molar-refractivity contribution is 5.57. The molecule has 4 nitrogen and oxygen atoms in total. The number of hydrogen-bond donors (Lipinski definition) is 2. The van der Waals surface area contributed by atoms with Gasteiger partial charge in [-0.2, -0.15) is 0 Å². The quantitative estimate of drug-likeness (QED) is 0.824. The van der Waals surface area contributed by atoms with E-state index in [2.05, 4.69) is 9.97 Å². The van der Waals surface area contributed by atoms with Gasteiger partial charge in [0.1, 0.15) is 11.6 Å². The second-order valence-electron chi connectivity index (χ2n) is 3.59. The van der Waals surface area contributed by atoms with Crippen LogP contribution < -0.4 is 10.5 Å². The highest BCUT2D eigenvalue weighted by Crippen LogP contribution is 2.20. The van der Waals surface area contributed by atoms with Crippen LogP contribution in [-0.4, -0.2) is 17.1 Å². The van der Waals surface area contributed by atoms with Crippen molar-refractivity contribution in [3.8, 4) is 17.1 Å². The van der Waals surface area contributed by atoms with Crippen LogP contribution in [-0.2, 0) is 6.54 Å². The van der Waals surface area contributed by atoms with E-state index in [0.29, 0.717) is 6.54 Å². The molecule has 3 N–H and O–H groups in total. The number of aryl methyl sites for hydroxylation is 1. The molecule has 0 atom stereocenters. The van der Waals surface area contributed by atoms with Crippen LogP contribution in [0, 0.1) is 6.92 Å². The molecule has 1 aromatic carbocycles. The summed E-state index contributed by atoms with van der Waals surface area (Å²) in [4.78, 5) is 7.65. The fourth-order valence-electron chi connectivity index (χ4n) is 1.58. The minimum atomic E-state index is 0.457. The molecule has 0 amide bonds. The van der Waals surface area contributed by atoms with E-state index < -0.39 is 0 Å². The first-order valence-corrected chi connectivity index (χ1v) is 5.14. The van der Waals surface area contributed by atoms with Gasteiger partial charge in [-0.1, -0.05) is 0 Å². The summed E-state index contributed by atoms with van der Waals surface area (Å²) < 4.78 is 5.10. The molecule has 0 bridgehead atoms. The lowest BCUT2D eigenvalue weighted by molar-refractivity contribution is 0.415. The molecule has 0 radical (unpaired) electrons. The Labute approximate surface area is 94.5 Å². The van der Waals surface area contributed by atoms with Crippen LogP contribution in [0.4, 0.5) is 0 Å². The fraction of sp³-hybridized carbons (Fsp3) is 0.250. The number of nitrogens with two attached hydrogens (primary N) is 1. The Kier molecular flexibility index (Phi) is 2.92. The smallest absolute Gasteiger partial charge is 0.137 e. The lowest BCUT2D eigenvalue weighted by Crippen LogP contribution is -1.98. The van der Waals surface area contributed by atoms with Gasteiger partial charge < -0.3 is 15.5 Å². The van der Waals surface area contributed by atoms with E-state index in [1.807, 2.05) is 31.2 Å². The van der Waals surface area contributed by atoms with Crippen molar-refractivity contribution in [3.05, 3.63) is 35.7 Å². The van der Waals surface area contributed by atoms with Gasteiger partial charge in [-0.3, -0.25) is 0 Å². The molecule has 2 aromatic rings. The predicted molar refractivity (Wildman–Crippen MR) is 63.2 cm³/mol. The molecular weight excluding hydrogens is 202 g/mol. The third-order valence-electron chi connectivity index (χ3n) is 2.54. The molecule has 4 heteroatoms. The van der Waals surface area contributed by atoms with E-state index in [0.717, 1.165) is 28.5 Å². The SMILES string of the molecule is COc1ccc(-c2nc(CN)c(C)[nH]2)cc1. The monoisotopic (exact) mass is 217 g/mol. The summed E-state index contributed by atoms with van der Waals surface area (Å²) in [6.07, 6.45) is 0. The van der Waals surface area contributed by atoms with Crippen molar-refractivity contribution in [1.29, 1.82) is 0 Å². The molecule has 0 fully saturated rings. The highest BCUT2D eigenvalue weighted by atomic mass is 16.5. The first-order chi connectivity index (χ1) is 7.74. The van der Waals surface area contributed by atoms with Crippen molar-refractivity contribution in [1.82, 2.24) is 9.97 Å². The van der Waals surface area contributed by atoms with Crippen LogP contribution in [0.15, 0.2) is 24.3 Å². The number of H-pyrrole nitrogens is 1. The summed E-state index contributed by atoms with van der Waals surface area (Å²) in [5.41, 5.74) is 8.55. The van der Waals surface area contributed by atoms with Gasteiger partial charge in [0.05, 0.1) is 12.8 Å². The van der Waals surface area contributed by atoms with Crippen LogP contribution in [0.5, 0.6) is 5.75 Å². The summed E-state index contributed by atoms with van der Waals surface area (Å²) in [6, 6.07) is 7.76. The topological polar surface area (TPSA) is 63.9 Å². The Hall–Kier alpha value is -1.81. The molecule has 16 heavy (non-hydrogen) atoms. The molecule has 0 aliphatic heterocycles. The summed E-state index contributed by atoms with van der Waals surface area (Å²) in [6.45, 7) is 2.43. The Balaban J connectivity index is 2.34. The minimum absolute atomic E-state index is 0.457. The van der Waals surface area contributed by atoms with Crippen molar-refractivity contribution < 1.29 is 4.74 Å². The van der Waals surface area contributed by atoms with Crippen LogP contribution >= 0.6 is 0 Å². The summed E-state index contributed by atoms with van der Waals surface area (Å²) >= 11 is 0. The van der Waals surface area contributed by atoms with E-state index in [4.69, 9.17) is 10.5 Å². The van der Waals surface area contributed by atoms with Gasteiger partial charge in [0.25, 0.3) is 0 Å². The second-order valence-corrected chi connectivity index (χ2v) is 3.59. The van der Waals surface area contributed by atoms with E-state index in [1.165, 1.54) is 0 Å². The van der Waals surface area contributed by atoms with Crippen LogP contribution in [0.25, 0.3) is 11.4 Å². The number of ether oxygens (including phenoxy) is 1. The van der Waals surface area contributed by atoms with E-state index >= 15 is 0 Å². The van der Waals surface area contributed by atoms with Crippen molar-refractivity contribution in [2.45, 2.75) is 13.5 Å². The Bertz CT molecular complexity index is 474. The molecule has 0 unspecified atom stereocenters. The maximum atomic E-state index is 5.59. The first-order valence-electron chi connectivity index (χ1n) is 5.14. The van der Waals surface area contributed by atoms with Crippen molar-refractivity contribution >= 4 is 0 Å². The average molecular weight is 217 g/mol. The number of hydrogen-bond acceptors (Lipinski definition) is 3. The normalized spacial score (nSPS) is 10.4. The zero-order valence-corrected chi connectivity index (χ0v) is 9.45. The van der Waals surface area contributed by atoms with Gasteiger partial charge in [0.2, 0.25) is 0 Å². The van der Waals surface area contributed by atoms with E-state index in [-0.39, 0.29) is 0 Å². The molecule has 1 heterocycles. The van der Waals surface area contributed by atoms with Gasteiger partial charge in [-0.25, -0.2) is 4.98 Å². The zero-order valence-electron chi connectivity index (χ0n) is 9.45. The highest BCUT2D eigenvalue weighted by Gasteiger charge is 2.06. The Morgan fingerprint density at radius 1 is 1.31 bits per heavy atom. The van der Waals surface area contributed by atoms with Crippen LogP contribution in [0.1, 0.15) is 11.4 Å². The average Bonchev–Trinajstić information content (AvgIpc) is 2.71. The minimum Gasteiger partial charge on any atom is -0.497 e. The molecule has 84 valence electrons. The Morgan fingerprint density at radius 3 is 2.50 bits per heavy atom. The van der Waals surface area contributed by atoms with E-state index in [1.54, 1.807) is 7.11 Å². The second kappa shape index (κ2) is 4.37. The van der Waals surface area contributed by atoms with E-state index in [9.17, 15) is 0 Å². The molecule has 0 aliphatic rings. The molecule has 0 aliphatic carbocycles. The molecule has 1 aromatic heterocycles. The zero-order chi connectivity index (χ0) is 11.5. The standard InChI is InChI=1S/C12H15N3O/c1-8-11(7-13)15-12(14-8)9-3-5-10(16-2)6-4-9/h3-6H,7,13H2,1-2H3,(H,14,15). The predicted octanol–water partition coefficient (Wildman–Crippen LogP) is 1.85. The summed E-state index contributed by atoms with van der Waals surface area (Å²) in [7, 11) is 1.65. The fourth-order valence-corrected chi connectivity index (χ4v) is 1.58. The van der Waals surface area contributed by atoms with Gasteiger partial charge in [0, 0.05) is 17.8 Å². The number of imidazole rings is 1. The Morgan fingerprint density at radius 2 is 2.00 bits per heavy atom. The number of methoxy groups -OCH3 is 1. The molecule has 0 spiro atoms. The van der Waals surface area contributed by atoms with Crippen molar-refractivity contribution in [2.75, 3.05) is 7.11 Å². The lowest BCUT2D eigenvalue weighted by Gasteiger charge is -2.00. The largest absolute Gasteiger partial charge is 0.497 e. The molecule has 2 rings (SSSR count). The maximum absolute atomic E-state index is 5.59. The van der Waals surface area contributed by atoms with Gasteiger partial charge in [0.15, 0.2) is 0 Å². The third kappa shape index (κ3) is 1.92. The summed E-state index contributed by atoms with van der Waals surface area (Å²) in [5, 5.41) is 0. The lowest BCUT2D eigenvalue weighted by atomic mass is 10.2. The number of aromatic amines is 1. The van der Waals surface area contributed by atoms with Gasteiger partial charge in [-0.15, -0.1) is 0 Å². The van der Waals surface area contributed by atoms with Crippen molar-refractivity contribution in [2.24, 2.45) is 5.73 Å². The first kappa shape index (κ1) is 10.7. The number of aromatic nitrogens is 2. The number of nitrogens with one attached hydrogen (secondary N) is 1. The summed E-state index contributed by atoms with van der Waals surface area (Å²) in [5.74, 6) is 1.69. The van der Waals surface area contributed by atoms with Gasteiger partial charge >= 0.3 is 0 Å². The maximum Gasteiger partial charge on any atom is 0.137 e. The molecule has 0 saturated heterocycles. The number of benzene rings is 1. The van der Waals surface area contributed by atoms with Crippen molar-refractivity contribution in [3.63, 3.8) is 0 Å². The van der Waals surface area contributed by atoms with Crippen LogP contribution in [0.3, 0.4) is 0 Å². The number of nitrogens with zero attached hydrogens (tertiary/aromatic N) is 1.